The quantitative estimate of drug-likeness (QED) is 0.562. The van der Waals surface area contributed by atoms with Crippen LogP contribution in [-0.4, -0.2) is 63.0 Å². The van der Waals surface area contributed by atoms with E-state index in [2.05, 4.69) is 31.0 Å². The summed E-state index contributed by atoms with van der Waals surface area (Å²) < 4.78 is 11.1. The average Bonchev–Trinajstić information content (AvgIpc) is 2.52. The Hall–Kier alpha value is -0.160. The van der Waals surface area contributed by atoms with Gasteiger partial charge in [0.05, 0.1) is 13.2 Å². The molecule has 0 spiro atoms. The number of ether oxygens (including phenoxy) is 2. The lowest BCUT2D eigenvalue weighted by atomic mass is 9.89. The number of nitrogens with one attached hydrogen (secondary N) is 1. The van der Waals surface area contributed by atoms with Crippen LogP contribution in [0.1, 0.15) is 52.9 Å². The summed E-state index contributed by atoms with van der Waals surface area (Å²) in [6.07, 6.45) is 6.54. The molecule has 0 heterocycles. The van der Waals surface area contributed by atoms with Crippen molar-refractivity contribution in [1.82, 2.24) is 10.2 Å². The average molecular weight is 300 g/mol. The van der Waals surface area contributed by atoms with Gasteiger partial charge < -0.3 is 14.8 Å². The highest BCUT2D eigenvalue weighted by atomic mass is 16.5. The van der Waals surface area contributed by atoms with Crippen LogP contribution in [-0.2, 0) is 9.47 Å². The first kappa shape index (κ1) is 18.9. The van der Waals surface area contributed by atoms with E-state index in [0.717, 1.165) is 46.1 Å². The second kappa shape index (κ2) is 12.4. The molecule has 1 rings (SSSR count). The Morgan fingerprint density at radius 1 is 0.952 bits per heavy atom. The van der Waals surface area contributed by atoms with Crippen molar-refractivity contribution in [2.24, 2.45) is 0 Å². The first-order chi connectivity index (χ1) is 10.3. The molecule has 0 aromatic carbocycles. The number of nitrogens with zero attached hydrogens (tertiary/aromatic N) is 1. The summed E-state index contributed by atoms with van der Waals surface area (Å²) in [6.45, 7) is 12.8. The van der Waals surface area contributed by atoms with Gasteiger partial charge in [0.25, 0.3) is 0 Å². The monoisotopic (exact) mass is 300 g/mol. The van der Waals surface area contributed by atoms with E-state index < -0.39 is 0 Å². The Bertz CT molecular complexity index is 229. The molecular formula is C17H36N2O2. The summed E-state index contributed by atoms with van der Waals surface area (Å²) in [5, 5.41) is 3.76. The second-order valence-corrected chi connectivity index (χ2v) is 5.84. The molecule has 2 unspecified atom stereocenters. The Balaban J connectivity index is 2.53. The lowest BCUT2D eigenvalue weighted by Gasteiger charge is -2.40. The van der Waals surface area contributed by atoms with Crippen molar-refractivity contribution in [2.75, 3.05) is 46.1 Å². The molecular weight excluding hydrogens is 264 g/mol. The van der Waals surface area contributed by atoms with Crippen LogP contribution >= 0.6 is 0 Å². The Kier molecular flexibility index (Phi) is 11.1. The summed E-state index contributed by atoms with van der Waals surface area (Å²) >= 11 is 0. The molecule has 0 aliphatic heterocycles. The second-order valence-electron chi connectivity index (χ2n) is 5.84. The Morgan fingerprint density at radius 3 is 2.14 bits per heavy atom. The number of hydrogen-bond acceptors (Lipinski definition) is 4. The van der Waals surface area contributed by atoms with Crippen molar-refractivity contribution in [3.63, 3.8) is 0 Å². The molecule has 1 saturated carbocycles. The van der Waals surface area contributed by atoms with E-state index >= 15 is 0 Å². The van der Waals surface area contributed by atoms with Gasteiger partial charge in [-0.05, 0) is 39.7 Å². The molecule has 0 saturated heterocycles. The van der Waals surface area contributed by atoms with Crippen molar-refractivity contribution in [2.45, 2.75) is 65.0 Å². The van der Waals surface area contributed by atoms with Gasteiger partial charge in [0.1, 0.15) is 0 Å². The van der Waals surface area contributed by atoms with Crippen LogP contribution in [0.5, 0.6) is 0 Å². The van der Waals surface area contributed by atoms with Crippen molar-refractivity contribution < 1.29 is 9.47 Å². The van der Waals surface area contributed by atoms with Gasteiger partial charge in [-0.15, -0.1) is 0 Å². The third-order valence-corrected chi connectivity index (χ3v) is 4.31. The van der Waals surface area contributed by atoms with Crippen LogP contribution in [0.15, 0.2) is 0 Å². The minimum absolute atomic E-state index is 0.641. The van der Waals surface area contributed by atoms with Crippen molar-refractivity contribution >= 4 is 0 Å². The molecule has 1 aliphatic rings. The van der Waals surface area contributed by atoms with Gasteiger partial charge in [0.15, 0.2) is 0 Å². The predicted octanol–water partition coefficient (Wildman–Crippen LogP) is 2.67. The summed E-state index contributed by atoms with van der Waals surface area (Å²) in [5.74, 6) is 0. The minimum Gasteiger partial charge on any atom is -0.380 e. The highest BCUT2D eigenvalue weighted by Gasteiger charge is 2.29. The molecule has 0 radical (unpaired) electrons. The molecule has 2 atom stereocenters. The Morgan fingerprint density at radius 2 is 1.57 bits per heavy atom. The predicted molar refractivity (Wildman–Crippen MR) is 88.9 cm³/mol. The van der Waals surface area contributed by atoms with Crippen LogP contribution in [0.3, 0.4) is 0 Å². The van der Waals surface area contributed by atoms with Crippen molar-refractivity contribution in [1.29, 1.82) is 0 Å². The maximum absolute atomic E-state index is 5.57. The third-order valence-electron chi connectivity index (χ3n) is 4.31. The van der Waals surface area contributed by atoms with Crippen LogP contribution in [0.4, 0.5) is 0 Å². The lowest BCUT2D eigenvalue weighted by Crippen LogP contribution is -2.53. The molecule has 21 heavy (non-hydrogen) atoms. The molecule has 1 fully saturated rings. The van der Waals surface area contributed by atoms with Gasteiger partial charge in [0.2, 0.25) is 0 Å². The lowest BCUT2D eigenvalue weighted by molar-refractivity contribution is 0.0420. The van der Waals surface area contributed by atoms with Crippen LogP contribution in [0.2, 0.25) is 0 Å². The zero-order valence-corrected chi connectivity index (χ0v) is 14.4. The molecule has 126 valence electrons. The summed E-state index contributed by atoms with van der Waals surface area (Å²) in [5.41, 5.74) is 0. The van der Waals surface area contributed by atoms with E-state index in [1.807, 2.05) is 0 Å². The Labute approximate surface area is 131 Å². The van der Waals surface area contributed by atoms with Crippen molar-refractivity contribution in [3.05, 3.63) is 0 Å². The van der Waals surface area contributed by atoms with E-state index in [1.165, 1.54) is 32.1 Å². The number of rotatable bonds is 12. The molecule has 0 aromatic rings. The van der Waals surface area contributed by atoms with Crippen LogP contribution < -0.4 is 5.32 Å². The fourth-order valence-electron chi connectivity index (χ4n) is 3.21. The molecule has 0 amide bonds. The minimum atomic E-state index is 0.641. The first-order valence-corrected chi connectivity index (χ1v) is 8.96. The van der Waals surface area contributed by atoms with Gasteiger partial charge in [0, 0.05) is 38.4 Å². The van der Waals surface area contributed by atoms with Crippen LogP contribution in [0, 0.1) is 0 Å². The topological polar surface area (TPSA) is 33.7 Å². The molecule has 0 bridgehead atoms. The highest BCUT2D eigenvalue weighted by Crippen LogP contribution is 2.23. The molecule has 4 heteroatoms. The SMILES string of the molecule is CCCNC1CCCCC1N(CCOCC)CCOCC. The zero-order chi connectivity index (χ0) is 15.3. The van der Waals surface area contributed by atoms with Gasteiger partial charge >= 0.3 is 0 Å². The van der Waals surface area contributed by atoms with Gasteiger partial charge in [-0.2, -0.15) is 0 Å². The molecule has 4 nitrogen and oxygen atoms in total. The largest absolute Gasteiger partial charge is 0.380 e. The fourth-order valence-corrected chi connectivity index (χ4v) is 3.21. The maximum atomic E-state index is 5.57. The first-order valence-electron chi connectivity index (χ1n) is 8.96. The number of hydrogen-bond donors (Lipinski definition) is 1. The summed E-state index contributed by atoms with van der Waals surface area (Å²) in [6, 6.07) is 1.29. The van der Waals surface area contributed by atoms with E-state index in [9.17, 15) is 0 Å². The summed E-state index contributed by atoms with van der Waals surface area (Å²) in [7, 11) is 0. The highest BCUT2D eigenvalue weighted by molar-refractivity contribution is 4.88. The van der Waals surface area contributed by atoms with Gasteiger partial charge in [-0.25, -0.2) is 0 Å². The van der Waals surface area contributed by atoms with E-state index in [1.54, 1.807) is 0 Å². The normalized spacial score (nSPS) is 22.9. The third kappa shape index (κ3) is 7.59. The van der Waals surface area contributed by atoms with Gasteiger partial charge in [-0.1, -0.05) is 19.8 Å². The smallest absolute Gasteiger partial charge is 0.0593 e. The van der Waals surface area contributed by atoms with Crippen molar-refractivity contribution in [3.8, 4) is 0 Å². The van der Waals surface area contributed by atoms with Gasteiger partial charge in [-0.3, -0.25) is 4.90 Å². The molecule has 1 aliphatic carbocycles. The van der Waals surface area contributed by atoms with Crippen LogP contribution in [0.25, 0.3) is 0 Å². The standard InChI is InChI=1S/C17H36N2O2/c1-4-11-18-16-9-7-8-10-17(16)19(12-14-20-5-2)13-15-21-6-3/h16-18H,4-15H2,1-3H3. The maximum Gasteiger partial charge on any atom is 0.0593 e. The summed E-state index contributed by atoms with van der Waals surface area (Å²) in [4.78, 5) is 2.60. The fraction of sp³-hybridized carbons (Fsp3) is 1.00. The molecule has 0 aromatic heterocycles. The van der Waals surface area contributed by atoms with E-state index in [0.29, 0.717) is 12.1 Å². The molecule has 1 N–H and O–H groups in total. The zero-order valence-electron chi connectivity index (χ0n) is 14.4. The van der Waals surface area contributed by atoms with E-state index in [-0.39, 0.29) is 0 Å². The van der Waals surface area contributed by atoms with E-state index in [4.69, 9.17) is 9.47 Å².